The molecule has 2 atom stereocenters. The number of hydrogen-bond acceptors (Lipinski definition) is 10. The van der Waals surface area contributed by atoms with E-state index in [0.717, 1.165) is 84.0 Å². The highest BCUT2D eigenvalue weighted by Gasteiger charge is 2.47. The van der Waals surface area contributed by atoms with Gasteiger partial charge >= 0.3 is 5.97 Å². The molecule has 0 aromatic heterocycles. The third-order valence-electron chi connectivity index (χ3n) is 8.93. The molecule has 0 bridgehead atoms. The molecule has 0 amide bonds. The number of anilines is 1. The van der Waals surface area contributed by atoms with Crippen LogP contribution < -0.4 is 4.90 Å². The van der Waals surface area contributed by atoms with Crippen molar-refractivity contribution in [3.63, 3.8) is 0 Å². The summed E-state index contributed by atoms with van der Waals surface area (Å²) in [6.07, 6.45) is 13.6. The molecule has 2 aromatic rings. The topological polar surface area (TPSA) is 121 Å². The van der Waals surface area contributed by atoms with Gasteiger partial charge in [0.05, 0.1) is 17.5 Å². The number of likely N-dealkylation sites (N-methyl/N-ethyl adjacent to an activating group) is 1. The van der Waals surface area contributed by atoms with Crippen LogP contribution in [-0.2, 0) is 34.4 Å². The summed E-state index contributed by atoms with van der Waals surface area (Å²) >= 11 is 1.98. The largest absolute Gasteiger partial charge is 0.481 e. The number of allylic oxidation sites excluding steroid dienone is 6. The molecule has 10 nitrogen and oxygen atoms in total. The number of hydrogen-bond donors (Lipinski definition) is 3. The van der Waals surface area contributed by atoms with Gasteiger partial charge in [0.25, 0.3) is 0 Å². The minimum absolute atomic E-state index is 0.146. The van der Waals surface area contributed by atoms with Crippen LogP contribution in [0.1, 0.15) is 70.9 Å². The number of para-hydroxylation sites is 1. The number of fused-ring (bicyclic) bond motifs is 2. The van der Waals surface area contributed by atoms with Crippen molar-refractivity contribution in [1.82, 2.24) is 0 Å². The van der Waals surface area contributed by atoms with Crippen LogP contribution in [0.25, 0.3) is 0 Å². The van der Waals surface area contributed by atoms with Gasteiger partial charge in [-0.05, 0) is 83.2 Å². The zero-order valence-corrected chi connectivity index (χ0v) is 28.3. The Hall–Kier alpha value is -2.94. The molecule has 0 saturated heterocycles. The molecule has 2 aromatic carbocycles. The van der Waals surface area contributed by atoms with Gasteiger partial charge in [-0.15, -0.1) is 8.67 Å². The van der Waals surface area contributed by atoms with E-state index in [0.29, 0.717) is 12.2 Å². The van der Waals surface area contributed by atoms with Crippen LogP contribution in [0.15, 0.2) is 83.4 Å². The van der Waals surface area contributed by atoms with Gasteiger partial charge in [-0.25, -0.2) is 10.5 Å². The predicted molar refractivity (Wildman–Crippen MR) is 181 cm³/mol. The van der Waals surface area contributed by atoms with E-state index in [1.54, 1.807) is 0 Å². The lowest BCUT2D eigenvalue weighted by Crippen LogP contribution is -2.31. The zero-order valence-electron chi connectivity index (χ0n) is 26.7. The number of rotatable bonds is 18. The number of aliphatic carboxylic acids is 1. The van der Waals surface area contributed by atoms with Crippen molar-refractivity contribution in [1.29, 1.82) is 0 Å². The Morgan fingerprint density at radius 3 is 2.43 bits per heavy atom. The Bertz CT molecular complexity index is 1490. The molecule has 2 aliphatic heterocycles. The first kappa shape index (κ1) is 35.9. The molecule has 248 valence electrons. The van der Waals surface area contributed by atoms with Gasteiger partial charge in [-0.2, -0.15) is 4.58 Å². The summed E-state index contributed by atoms with van der Waals surface area (Å²) in [5.41, 5.74) is 6.32. The van der Waals surface area contributed by atoms with Crippen LogP contribution in [0.2, 0.25) is 0 Å². The zero-order chi connectivity index (χ0) is 33.2. The van der Waals surface area contributed by atoms with E-state index in [-0.39, 0.29) is 17.3 Å². The quantitative estimate of drug-likeness (QED) is 0.0354. The van der Waals surface area contributed by atoms with Crippen molar-refractivity contribution < 1.29 is 43.7 Å². The maximum Gasteiger partial charge on any atom is 0.303 e. The second kappa shape index (κ2) is 16.8. The highest BCUT2D eigenvalue weighted by molar-refractivity contribution is 7.94. The van der Waals surface area contributed by atoms with Gasteiger partial charge in [0.2, 0.25) is 5.69 Å². The smallest absolute Gasteiger partial charge is 0.303 e. The van der Waals surface area contributed by atoms with E-state index in [1.165, 1.54) is 11.3 Å². The molecule has 2 unspecified atom stereocenters. The van der Waals surface area contributed by atoms with E-state index >= 15 is 0 Å². The average molecular weight is 672 g/mol. The Morgan fingerprint density at radius 2 is 1.72 bits per heavy atom. The van der Waals surface area contributed by atoms with Crippen molar-refractivity contribution >= 4 is 47.1 Å². The highest BCUT2D eigenvalue weighted by atomic mass is 32.2. The van der Waals surface area contributed by atoms with Gasteiger partial charge < -0.3 is 10.0 Å². The summed E-state index contributed by atoms with van der Waals surface area (Å²) in [6.45, 7) is 10.3. The molecule has 0 fully saturated rings. The minimum Gasteiger partial charge on any atom is -0.481 e. The fourth-order valence-electron chi connectivity index (χ4n) is 6.85. The van der Waals surface area contributed by atoms with Crippen LogP contribution in [0.5, 0.6) is 0 Å². The van der Waals surface area contributed by atoms with Gasteiger partial charge in [0.1, 0.15) is 6.54 Å². The molecule has 3 N–H and O–H groups in total. The highest BCUT2D eigenvalue weighted by Crippen LogP contribution is 2.50. The van der Waals surface area contributed by atoms with E-state index in [9.17, 15) is 9.90 Å². The summed E-state index contributed by atoms with van der Waals surface area (Å²) in [5, 5.41) is 34.0. The standard InChI is InChI=1S/C34H42N2O8S2/c1-5-35-28-15-11-10-14-26(28)33(3,21-12-18-32(37)38)30(35)16-8-7-9-17-31-34(4,22-13-23-45-43-41-39)27-24-25(46-44-42-40)19-20-29(27)36(31)6-2/h7-11,14-17,19-20,24H,5-6,12-13,18,21-23H2,1-4H3,(H2-,37,38,39,40)/p+1. The summed E-state index contributed by atoms with van der Waals surface area (Å²) < 4.78 is 11.6. The van der Waals surface area contributed by atoms with E-state index in [2.05, 4.69) is 112 Å². The number of benzene rings is 2. The molecular formula is C34H43N2O8S2+. The van der Waals surface area contributed by atoms with Crippen molar-refractivity contribution in [3.8, 4) is 0 Å². The number of nitrogens with zero attached hydrogens (tertiary/aromatic N) is 2. The molecule has 2 aliphatic rings. The van der Waals surface area contributed by atoms with Crippen LogP contribution in [0.3, 0.4) is 0 Å². The average Bonchev–Trinajstić information content (AvgIpc) is 3.43. The first-order valence-electron chi connectivity index (χ1n) is 15.4. The van der Waals surface area contributed by atoms with Crippen molar-refractivity contribution in [2.75, 3.05) is 23.7 Å². The number of carboxylic acid groups (broad SMARTS) is 1. The van der Waals surface area contributed by atoms with Crippen molar-refractivity contribution in [3.05, 3.63) is 89.7 Å². The summed E-state index contributed by atoms with van der Waals surface area (Å²) in [5.74, 6) is -0.147. The molecule has 0 saturated carbocycles. The van der Waals surface area contributed by atoms with Gasteiger partial charge in [-0.3, -0.25) is 4.79 Å². The van der Waals surface area contributed by atoms with Gasteiger partial charge in [0.15, 0.2) is 5.71 Å². The second-order valence-electron chi connectivity index (χ2n) is 11.6. The Kier molecular flexibility index (Phi) is 13.1. The molecule has 4 rings (SSSR count). The monoisotopic (exact) mass is 671 g/mol. The lowest BCUT2D eigenvalue weighted by atomic mass is 9.76. The molecule has 2 heterocycles. The molecule has 0 spiro atoms. The van der Waals surface area contributed by atoms with E-state index < -0.39 is 5.97 Å². The third kappa shape index (κ3) is 7.77. The summed E-state index contributed by atoms with van der Waals surface area (Å²) in [7, 11) is 0. The van der Waals surface area contributed by atoms with Crippen molar-refractivity contribution in [2.45, 2.75) is 75.5 Å². The number of carbonyl (C=O) groups is 1. The maximum absolute atomic E-state index is 11.3. The summed E-state index contributed by atoms with van der Waals surface area (Å²) in [6, 6.07) is 14.5. The molecular weight excluding hydrogens is 629 g/mol. The van der Waals surface area contributed by atoms with Crippen LogP contribution in [-0.4, -0.2) is 50.7 Å². The second-order valence-corrected chi connectivity index (χ2v) is 13.1. The van der Waals surface area contributed by atoms with E-state index in [1.807, 2.05) is 12.1 Å². The van der Waals surface area contributed by atoms with Gasteiger partial charge in [-0.1, -0.05) is 46.5 Å². The predicted octanol–water partition coefficient (Wildman–Crippen LogP) is 8.39. The van der Waals surface area contributed by atoms with E-state index in [4.69, 9.17) is 14.8 Å². The third-order valence-corrected chi connectivity index (χ3v) is 10.1. The Labute approximate surface area is 279 Å². The van der Waals surface area contributed by atoms with Crippen LogP contribution in [0.4, 0.5) is 11.4 Å². The summed E-state index contributed by atoms with van der Waals surface area (Å²) in [4.78, 5) is 14.4. The lowest BCUT2D eigenvalue weighted by Gasteiger charge is -2.29. The SMILES string of the molecule is CCN1/C(=C/C=C/C=C/C2=[N+](CC)c3ccc(SOOO)cc3C2(C)CCCSOOO)C(C)(CCCC(=O)O)c2ccccc21. The van der Waals surface area contributed by atoms with Crippen LogP contribution >= 0.6 is 24.1 Å². The first-order valence-corrected chi connectivity index (χ1v) is 17.1. The number of carboxylic acids is 1. The van der Waals surface area contributed by atoms with Crippen LogP contribution in [0, 0.1) is 0 Å². The van der Waals surface area contributed by atoms with Crippen molar-refractivity contribution in [2.24, 2.45) is 0 Å². The molecule has 46 heavy (non-hydrogen) atoms. The van der Waals surface area contributed by atoms with Gasteiger partial charge in [0, 0.05) is 70.2 Å². The first-order chi connectivity index (χ1) is 22.2. The fourth-order valence-corrected chi connectivity index (χ4v) is 7.62. The Balaban J connectivity index is 1.64. The lowest BCUT2D eigenvalue weighted by molar-refractivity contribution is -0.433. The normalized spacial score (nSPS) is 21.7. The fraction of sp³-hybridized carbons (Fsp3) is 0.412. The molecule has 0 radical (unpaired) electrons. The Morgan fingerprint density at radius 1 is 0.957 bits per heavy atom. The maximum atomic E-state index is 11.3. The minimum atomic E-state index is -0.772. The molecule has 12 heteroatoms. The molecule has 0 aliphatic carbocycles.